The largest absolute Gasteiger partial charge is 0.463 e. The van der Waals surface area contributed by atoms with E-state index in [1.165, 1.54) is 16.7 Å². The number of aliphatic imine (C=N–C) groups is 1. The molecule has 2 aliphatic heterocycles. The lowest BCUT2D eigenvalue weighted by molar-refractivity contribution is -0.139. The maximum atomic E-state index is 13.3. The number of hydrogen-bond acceptors (Lipinski definition) is 7. The first kappa shape index (κ1) is 19.9. The molecule has 4 rings (SSSR count). The molecule has 30 heavy (non-hydrogen) atoms. The minimum atomic E-state index is -0.623. The lowest BCUT2D eigenvalue weighted by atomic mass is 9.94. The first-order valence-electron chi connectivity index (χ1n) is 9.51. The predicted molar refractivity (Wildman–Crippen MR) is 118 cm³/mol. The molecule has 1 unspecified atom stereocenters. The highest BCUT2D eigenvalue weighted by molar-refractivity contribution is 8.29. The zero-order valence-electron chi connectivity index (χ0n) is 16.5. The number of amidine groups is 1. The topological polar surface area (TPSA) is 83.4 Å². The Morgan fingerprint density at radius 3 is 2.50 bits per heavy atom. The molecule has 0 radical (unpaired) electrons. The number of hydrogen-bond donors (Lipinski definition) is 1. The second-order valence-electron chi connectivity index (χ2n) is 6.60. The Morgan fingerprint density at radius 1 is 1.17 bits per heavy atom. The van der Waals surface area contributed by atoms with Gasteiger partial charge in [-0.05, 0) is 43.3 Å². The molecule has 2 aliphatic rings. The molecule has 0 aliphatic carbocycles. The minimum Gasteiger partial charge on any atom is -0.463 e. The summed E-state index contributed by atoms with van der Waals surface area (Å²) in [6.45, 7) is 3.75. The molecule has 1 amide bonds. The molecule has 2 heterocycles. The van der Waals surface area contributed by atoms with Gasteiger partial charge in [-0.25, -0.2) is 9.79 Å². The summed E-state index contributed by atoms with van der Waals surface area (Å²) >= 11 is 1.18. The van der Waals surface area contributed by atoms with E-state index in [0.717, 1.165) is 11.3 Å². The number of anilines is 1. The van der Waals surface area contributed by atoms with E-state index in [4.69, 9.17) is 4.74 Å². The van der Waals surface area contributed by atoms with Crippen LogP contribution >= 0.6 is 11.8 Å². The maximum Gasteiger partial charge on any atom is 0.338 e. The van der Waals surface area contributed by atoms with Crippen LogP contribution in [0.15, 0.2) is 82.0 Å². The van der Waals surface area contributed by atoms with Crippen LogP contribution < -0.4 is 5.43 Å². The van der Waals surface area contributed by atoms with Crippen LogP contribution in [0, 0.1) is 0 Å². The van der Waals surface area contributed by atoms with Gasteiger partial charge in [0.05, 0.1) is 29.6 Å². The summed E-state index contributed by atoms with van der Waals surface area (Å²) in [5.74, 6) is -0.789. The second-order valence-corrected chi connectivity index (χ2v) is 7.56. The molecule has 1 N–H and O–H groups in total. The quantitative estimate of drug-likeness (QED) is 0.585. The summed E-state index contributed by atoms with van der Waals surface area (Å²) < 4.78 is 5.27. The van der Waals surface area contributed by atoms with Gasteiger partial charge in [0.25, 0.3) is 5.91 Å². The zero-order valence-corrected chi connectivity index (χ0v) is 17.3. The zero-order chi connectivity index (χ0) is 21.1. The molecule has 2 aromatic carbocycles. The van der Waals surface area contributed by atoms with Gasteiger partial charge in [0.1, 0.15) is 0 Å². The summed E-state index contributed by atoms with van der Waals surface area (Å²) in [6, 6.07) is 18.2. The Balaban J connectivity index is 1.72. The standard InChI is InChI=1S/C22H20N4O3S/c1-3-29-21(28)17-14(2)23-22-26(18(17)15-10-6-4-7-11-15)20(27)19(30-22)25-24-16-12-8-5-9-13-16/h4-13,18,24H,3H2,1-2H3. The third-order valence-corrected chi connectivity index (χ3v) is 5.58. The first-order valence-corrected chi connectivity index (χ1v) is 10.3. The molecule has 1 saturated heterocycles. The Bertz CT molecular complexity index is 1060. The van der Waals surface area contributed by atoms with E-state index in [-0.39, 0.29) is 17.6 Å². The van der Waals surface area contributed by atoms with Crippen LogP contribution in [0.3, 0.4) is 0 Å². The molecule has 8 heteroatoms. The number of carbonyl (C=O) groups excluding carboxylic acids is 2. The molecule has 0 saturated carbocycles. The number of nitrogens with zero attached hydrogens (tertiary/aromatic N) is 3. The van der Waals surface area contributed by atoms with Gasteiger partial charge < -0.3 is 4.74 Å². The van der Waals surface area contributed by atoms with Gasteiger partial charge in [-0.15, -0.1) is 0 Å². The van der Waals surface area contributed by atoms with Crippen LogP contribution in [0.5, 0.6) is 0 Å². The molecule has 1 atom stereocenters. The van der Waals surface area contributed by atoms with E-state index in [0.29, 0.717) is 16.4 Å². The molecule has 7 nitrogen and oxygen atoms in total. The van der Waals surface area contributed by atoms with E-state index in [2.05, 4.69) is 15.5 Å². The number of allylic oxidation sites excluding steroid dienone is 1. The minimum absolute atomic E-state index is 0.240. The fourth-order valence-corrected chi connectivity index (χ4v) is 4.24. The second kappa shape index (κ2) is 8.54. The van der Waals surface area contributed by atoms with Crippen molar-refractivity contribution >= 4 is 39.5 Å². The first-order chi connectivity index (χ1) is 14.6. The molecule has 0 aromatic heterocycles. The number of nitrogens with one attached hydrogen (secondary N) is 1. The van der Waals surface area contributed by atoms with Gasteiger partial charge in [-0.2, -0.15) is 5.10 Å². The van der Waals surface area contributed by atoms with E-state index in [9.17, 15) is 9.59 Å². The molecule has 2 aromatic rings. The highest BCUT2D eigenvalue weighted by Gasteiger charge is 2.46. The van der Waals surface area contributed by atoms with Crippen molar-refractivity contribution in [2.45, 2.75) is 19.9 Å². The molecule has 1 fully saturated rings. The average Bonchev–Trinajstić information content (AvgIpc) is 3.07. The smallest absolute Gasteiger partial charge is 0.338 e. The molecule has 152 valence electrons. The lowest BCUT2D eigenvalue weighted by Gasteiger charge is -2.32. The summed E-state index contributed by atoms with van der Waals surface area (Å²) in [7, 11) is 0. The number of fused-ring (bicyclic) bond motifs is 1. The Labute approximate surface area is 178 Å². The van der Waals surface area contributed by atoms with Crippen molar-refractivity contribution in [1.82, 2.24) is 4.90 Å². The van der Waals surface area contributed by atoms with Crippen LogP contribution in [0.2, 0.25) is 0 Å². The average molecular weight is 420 g/mol. The van der Waals surface area contributed by atoms with Crippen LogP contribution in [0.1, 0.15) is 25.5 Å². The summed E-state index contributed by atoms with van der Waals surface area (Å²) in [5, 5.41) is 5.04. The predicted octanol–water partition coefficient (Wildman–Crippen LogP) is 3.94. The summed E-state index contributed by atoms with van der Waals surface area (Å²) in [6.07, 6.45) is 0. The van der Waals surface area contributed by atoms with Crippen LogP contribution in [0.25, 0.3) is 0 Å². The van der Waals surface area contributed by atoms with Crippen molar-refractivity contribution in [3.8, 4) is 0 Å². The fraction of sp³-hybridized carbons (Fsp3) is 0.182. The fourth-order valence-electron chi connectivity index (χ4n) is 3.32. The van der Waals surface area contributed by atoms with Crippen LogP contribution in [-0.2, 0) is 14.3 Å². The third kappa shape index (κ3) is 3.73. The molecular formula is C22H20N4O3S. The number of carbonyl (C=O) groups is 2. The van der Waals surface area contributed by atoms with Crippen molar-refractivity contribution in [3.05, 3.63) is 77.5 Å². The van der Waals surface area contributed by atoms with Gasteiger partial charge >= 0.3 is 5.97 Å². The van der Waals surface area contributed by atoms with E-state index in [1.54, 1.807) is 13.8 Å². The number of hydrazone groups is 1. The normalized spacial score (nSPS) is 19.6. The third-order valence-electron chi connectivity index (χ3n) is 4.65. The van der Waals surface area contributed by atoms with Crippen molar-refractivity contribution in [1.29, 1.82) is 0 Å². The van der Waals surface area contributed by atoms with E-state index < -0.39 is 12.0 Å². The van der Waals surface area contributed by atoms with E-state index in [1.807, 2.05) is 60.7 Å². The lowest BCUT2D eigenvalue weighted by Crippen LogP contribution is -2.40. The molecule has 0 spiro atoms. The number of thioether (sulfide) groups is 1. The van der Waals surface area contributed by atoms with Gasteiger partial charge in [-0.1, -0.05) is 48.5 Å². The Kier molecular flexibility index (Phi) is 5.67. The van der Waals surface area contributed by atoms with Gasteiger partial charge in [-0.3, -0.25) is 15.1 Å². The highest BCUT2D eigenvalue weighted by Crippen LogP contribution is 2.41. The summed E-state index contributed by atoms with van der Waals surface area (Å²) in [4.78, 5) is 32.0. The van der Waals surface area contributed by atoms with Gasteiger partial charge in [0, 0.05) is 0 Å². The number of esters is 1. The van der Waals surface area contributed by atoms with Gasteiger partial charge in [0.2, 0.25) is 0 Å². The molecule has 0 bridgehead atoms. The number of rotatable bonds is 5. The number of amides is 1. The number of ether oxygens (including phenoxy) is 1. The summed E-state index contributed by atoms with van der Waals surface area (Å²) in [5.41, 5.74) is 5.37. The van der Waals surface area contributed by atoms with Crippen molar-refractivity contribution in [3.63, 3.8) is 0 Å². The monoisotopic (exact) mass is 420 g/mol. The number of benzene rings is 2. The van der Waals surface area contributed by atoms with Gasteiger partial charge in [0.15, 0.2) is 10.2 Å². The highest BCUT2D eigenvalue weighted by atomic mass is 32.2. The Morgan fingerprint density at radius 2 is 1.83 bits per heavy atom. The molecular weight excluding hydrogens is 400 g/mol. The van der Waals surface area contributed by atoms with Crippen molar-refractivity contribution in [2.24, 2.45) is 10.1 Å². The number of para-hydroxylation sites is 1. The van der Waals surface area contributed by atoms with E-state index >= 15 is 0 Å². The Hall–Kier alpha value is -3.39. The van der Waals surface area contributed by atoms with Crippen LogP contribution in [0.4, 0.5) is 5.69 Å². The van der Waals surface area contributed by atoms with Crippen molar-refractivity contribution < 1.29 is 14.3 Å². The van der Waals surface area contributed by atoms with Crippen LogP contribution in [-0.4, -0.2) is 33.6 Å². The SMILES string of the molecule is CCOC(=O)C1=C(C)N=C2SC(=NNc3ccccc3)C(=O)N2C1c1ccccc1. The van der Waals surface area contributed by atoms with Crippen molar-refractivity contribution in [2.75, 3.05) is 12.0 Å². The maximum absolute atomic E-state index is 13.3.